The molecule has 0 bridgehead atoms. The number of hydrogen-bond acceptors (Lipinski definition) is 6. The Balaban J connectivity index is 2.67. The summed E-state index contributed by atoms with van der Waals surface area (Å²) in [4.78, 5) is 47.6. The fraction of sp³-hybridized carbons (Fsp3) is 0.737. The Morgan fingerprint density at radius 2 is 1.90 bits per heavy atom. The van der Waals surface area contributed by atoms with E-state index < -0.39 is 54.5 Å². The van der Waals surface area contributed by atoms with Crippen LogP contribution in [0.2, 0.25) is 0 Å². The first-order valence-electron chi connectivity index (χ1n) is 9.84. The first-order valence-corrected chi connectivity index (χ1v) is 9.84. The van der Waals surface area contributed by atoms with Crippen LogP contribution >= 0.6 is 0 Å². The molecule has 0 aromatic rings. The zero-order chi connectivity index (χ0) is 23.8. The van der Waals surface area contributed by atoms with Crippen LogP contribution < -0.4 is 21.3 Å². The molecule has 12 heteroatoms. The minimum absolute atomic E-state index is 0.131. The fourth-order valence-electron chi connectivity index (χ4n) is 3.06. The minimum atomic E-state index is -3.33. The number of nitriles is 1. The summed E-state index contributed by atoms with van der Waals surface area (Å²) < 4.78 is 30.8. The lowest BCUT2D eigenvalue weighted by molar-refractivity contribution is -0.142. The van der Waals surface area contributed by atoms with Crippen LogP contribution in [0.3, 0.4) is 0 Å². The molecule has 0 aromatic carbocycles. The van der Waals surface area contributed by atoms with E-state index in [1.807, 2.05) is 11.4 Å². The second kappa shape index (κ2) is 11.5. The van der Waals surface area contributed by atoms with Crippen LogP contribution in [0.15, 0.2) is 0 Å². The van der Waals surface area contributed by atoms with Gasteiger partial charge in [0.15, 0.2) is 0 Å². The number of amides is 4. The van der Waals surface area contributed by atoms with Gasteiger partial charge in [-0.15, -0.1) is 0 Å². The van der Waals surface area contributed by atoms with Crippen LogP contribution in [-0.4, -0.2) is 66.9 Å². The number of alkyl halides is 2. The van der Waals surface area contributed by atoms with Crippen LogP contribution in [0.25, 0.3) is 0 Å². The smallest absolute Gasteiger partial charge is 0.315 e. The molecule has 1 heterocycles. The predicted molar refractivity (Wildman–Crippen MR) is 105 cm³/mol. The molecule has 4 N–H and O–H groups in total. The molecule has 0 aliphatic carbocycles. The molecule has 0 radical (unpaired) electrons. The molecule has 174 valence electrons. The molecule has 0 aromatic heterocycles. The van der Waals surface area contributed by atoms with Gasteiger partial charge >= 0.3 is 6.43 Å². The number of nitrogens with one attached hydrogen (secondary N) is 4. The van der Waals surface area contributed by atoms with Crippen molar-refractivity contribution in [2.24, 2.45) is 5.92 Å². The van der Waals surface area contributed by atoms with E-state index in [0.29, 0.717) is 13.0 Å². The van der Waals surface area contributed by atoms with E-state index in [1.165, 1.54) is 6.92 Å². The maximum absolute atomic E-state index is 12.6. The van der Waals surface area contributed by atoms with Gasteiger partial charge in [-0.25, -0.2) is 0 Å². The van der Waals surface area contributed by atoms with Gasteiger partial charge in [-0.3, -0.25) is 19.2 Å². The number of nitrogens with zero attached hydrogens (tertiary/aromatic N) is 1. The number of halogens is 2. The lowest BCUT2D eigenvalue weighted by atomic mass is 9.99. The molecule has 0 saturated carbocycles. The molecular formula is C19H29F2N5O5. The van der Waals surface area contributed by atoms with E-state index >= 15 is 0 Å². The first-order chi connectivity index (χ1) is 14.3. The highest BCUT2D eigenvalue weighted by Crippen LogP contribution is 2.16. The Hall–Kier alpha value is -2.81. The second-order valence-electron chi connectivity index (χ2n) is 8.20. The Bertz CT molecular complexity index is 719. The zero-order valence-electron chi connectivity index (χ0n) is 18.0. The molecule has 31 heavy (non-hydrogen) atoms. The summed E-state index contributed by atoms with van der Waals surface area (Å²) in [7, 11) is 0. The van der Waals surface area contributed by atoms with Gasteiger partial charge in [0.25, 0.3) is 5.91 Å². The molecule has 1 rings (SSSR count). The largest absolute Gasteiger partial charge is 0.370 e. The van der Waals surface area contributed by atoms with Gasteiger partial charge in [-0.05, 0) is 40.5 Å². The van der Waals surface area contributed by atoms with Crippen molar-refractivity contribution in [2.75, 3.05) is 13.1 Å². The highest BCUT2D eigenvalue weighted by Gasteiger charge is 2.33. The number of ether oxygens (including phenoxy) is 1. The minimum Gasteiger partial charge on any atom is -0.370 e. The highest BCUT2D eigenvalue weighted by molar-refractivity contribution is 5.91. The van der Waals surface area contributed by atoms with Crippen molar-refractivity contribution >= 4 is 23.6 Å². The summed E-state index contributed by atoms with van der Waals surface area (Å²) in [6.45, 7) is 6.44. The van der Waals surface area contributed by atoms with Crippen molar-refractivity contribution in [2.45, 2.75) is 70.8 Å². The summed E-state index contributed by atoms with van der Waals surface area (Å²) in [6, 6.07) is -0.516. The van der Waals surface area contributed by atoms with E-state index in [2.05, 4.69) is 16.0 Å². The van der Waals surface area contributed by atoms with Gasteiger partial charge in [0.05, 0.1) is 24.3 Å². The predicted octanol–water partition coefficient (Wildman–Crippen LogP) is -0.409. The molecule has 1 aliphatic rings. The zero-order valence-corrected chi connectivity index (χ0v) is 18.0. The Kier molecular flexibility index (Phi) is 9.77. The molecule has 10 nitrogen and oxygen atoms in total. The molecule has 0 spiro atoms. The lowest BCUT2D eigenvalue weighted by Crippen LogP contribution is -2.56. The maximum atomic E-state index is 12.6. The topological polar surface area (TPSA) is 149 Å². The number of carbonyl (C=O) groups is 4. The fourth-order valence-corrected chi connectivity index (χ4v) is 3.06. The van der Waals surface area contributed by atoms with E-state index in [0.717, 1.165) is 0 Å². The third-order valence-corrected chi connectivity index (χ3v) is 4.38. The van der Waals surface area contributed by atoms with E-state index in [1.54, 1.807) is 20.8 Å². The number of hydrogen-bond donors (Lipinski definition) is 4. The average molecular weight is 445 g/mol. The summed E-state index contributed by atoms with van der Waals surface area (Å²) in [5.41, 5.74) is -0.725. The third kappa shape index (κ3) is 9.25. The molecule has 4 atom stereocenters. The molecular weight excluding hydrogens is 416 g/mol. The van der Waals surface area contributed by atoms with Crippen molar-refractivity contribution in [3.05, 3.63) is 0 Å². The monoisotopic (exact) mass is 445 g/mol. The first kappa shape index (κ1) is 26.2. The van der Waals surface area contributed by atoms with Crippen LogP contribution in [0.4, 0.5) is 8.78 Å². The van der Waals surface area contributed by atoms with Crippen LogP contribution in [0, 0.1) is 17.2 Å². The average Bonchev–Trinajstić information content (AvgIpc) is 3.06. The molecule has 1 fully saturated rings. The van der Waals surface area contributed by atoms with Gasteiger partial charge in [0, 0.05) is 12.5 Å². The summed E-state index contributed by atoms with van der Waals surface area (Å²) >= 11 is 0. The number of rotatable bonds is 10. The van der Waals surface area contributed by atoms with Gasteiger partial charge < -0.3 is 26.0 Å². The normalized spacial score (nSPS) is 19.0. The van der Waals surface area contributed by atoms with Crippen molar-refractivity contribution in [1.82, 2.24) is 21.3 Å². The molecule has 1 aliphatic heterocycles. The third-order valence-electron chi connectivity index (χ3n) is 4.38. The molecule has 1 saturated heterocycles. The Morgan fingerprint density at radius 3 is 2.39 bits per heavy atom. The summed E-state index contributed by atoms with van der Waals surface area (Å²) in [5.74, 6) is -3.82. The van der Waals surface area contributed by atoms with Crippen molar-refractivity contribution < 1.29 is 32.7 Å². The maximum Gasteiger partial charge on any atom is 0.315 e. The molecule has 4 amide bonds. The van der Waals surface area contributed by atoms with Crippen molar-refractivity contribution in [3.8, 4) is 6.07 Å². The van der Waals surface area contributed by atoms with Gasteiger partial charge in [0.1, 0.15) is 12.1 Å². The summed E-state index contributed by atoms with van der Waals surface area (Å²) in [5, 5.41) is 18.4. The lowest BCUT2D eigenvalue weighted by Gasteiger charge is -2.30. The van der Waals surface area contributed by atoms with Gasteiger partial charge in [-0.2, -0.15) is 14.0 Å². The van der Waals surface area contributed by atoms with Crippen molar-refractivity contribution in [1.29, 1.82) is 5.26 Å². The standard InChI is InChI=1S/C19H29F2N5O5/c1-10(31-19(2,3)4)14(26-18(30)15(20)21)17(29)24-9-13(27)25-12(8-22)7-11-5-6-23-16(11)28/h10-12,14-15H,5-7,9H2,1-4H3,(H,23,28)(H,24,29)(H,25,27)(H,26,30). The van der Waals surface area contributed by atoms with Crippen LogP contribution in [0.5, 0.6) is 0 Å². The van der Waals surface area contributed by atoms with Gasteiger partial charge in [-0.1, -0.05) is 0 Å². The van der Waals surface area contributed by atoms with E-state index in [9.17, 15) is 33.2 Å². The number of carbonyl (C=O) groups excluding carboxylic acids is 4. The SMILES string of the molecule is CC(OC(C)(C)C)C(NC(=O)C(F)F)C(=O)NCC(=O)NC(C#N)CC1CCNC1=O. The van der Waals surface area contributed by atoms with E-state index in [4.69, 9.17) is 4.74 Å². The Labute approximate surface area is 179 Å². The van der Waals surface area contributed by atoms with Gasteiger partial charge in [0.2, 0.25) is 17.7 Å². The van der Waals surface area contributed by atoms with Crippen LogP contribution in [-0.2, 0) is 23.9 Å². The highest BCUT2D eigenvalue weighted by atomic mass is 19.3. The molecule has 4 unspecified atom stereocenters. The van der Waals surface area contributed by atoms with E-state index in [-0.39, 0.29) is 18.2 Å². The van der Waals surface area contributed by atoms with Crippen LogP contribution in [0.1, 0.15) is 40.5 Å². The van der Waals surface area contributed by atoms with Crippen molar-refractivity contribution in [3.63, 3.8) is 0 Å². The quantitative estimate of drug-likeness (QED) is 0.359. The summed E-state index contributed by atoms with van der Waals surface area (Å²) in [6.07, 6.45) is -3.62. The second-order valence-corrected chi connectivity index (χ2v) is 8.20. The Morgan fingerprint density at radius 1 is 1.26 bits per heavy atom.